The van der Waals surface area contributed by atoms with Crippen molar-refractivity contribution in [2.75, 3.05) is 0 Å². The minimum atomic E-state index is -0.463. The molecule has 0 aromatic heterocycles. The molecule has 0 radical (unpaired) electrons. The third-order valence-electron chi connectivity index (χ3n) is 5.50. The van der Waals surface area contributed by atoms with E-state index in [2.05, 4.69) is 11.7 Å². The molecule has 0 aliphatic carbocycles. The minimum absolute atomic E-state index is 0.0516. The summed E-state index contributed by atoms with van der Waals surface area (Å²) < 4.78 is 5.86. The predicted molar refractivity (Wildman–Crippen MR) is 150 cm³/mol. The molecule has 6 heteroatoms. The summed E-state index contributed by atoms with van der Waals surface area (Å²) in [6.45, 7) is 15.3. The Morgan fingerprint density at radius 1 is 1.05 bits per heavy atom. The fourth-order valence-electron chi connectivity index (χ4n) is 3.39. The van der Waals surface area contributed by atoms with Gasteiger partial charge in [0.15, 0.2) is 5.78 Å². The molecule has 0 amide bonds. The summed E-state index contributed by atoms with van der Waals surface area (Å²) in [5.74, 6) is 0.556. The second-order valence-electron chi connectivity index (χ2n) is 8.38. The number of ether oxygens (including phenoxy) is 1. The number of benzene rings is 3. The summed E-state index contributed by atoms with van der Waals surface area (Å²) in [5.41, 5.74) is 12.2. The molecule has 0 saturated heterocycles. The fraction of sp³-hybridized carbons (Fsp3) is 0.323. The number of aromatic hydroxyl groups is 1. The van der Waals surface area contributed by atoms with E-state index < -0.39 is 6.10 Å². The van der Waals surface area contributed by atoms with Crippen LogP contribution in [-0.4, -0.2) is 16.0 Å². The molecule has 3 rings (SSSR count). The van der Waals surface area contributed by atoms with Crippen LogP contribution in [0.2, 0.25) is 0 Å². The number of carbonyl (C=O) groups is 1. The topological polar surface area (TPSA) is 103 Å². The van der Waals surface area contributed by atoms with E-state index in [0.717, 1.165) is 23.1 Å². The minimum Gasteiger partial charge on any atom is -0.507 e. The first-order valence-electron chi connectivity index (χ1n) is 12.6. The first kappa shape index (κ1) is 31.3. The highest BCUT2D eigenvalue weighted by Gasteiger charge is 2.15. The lowest BCUT2D eigenvalue weighted by atomic mass is 10.0. The average molecular weight is 505 g/mol. The van der Waals surface area contributed by atoms with Gasteiger partial charge in [0, 0.05) is 11.1 Å². The normalized spacial score (nSPS) is 10.7. The van der Waals surface area contributed by atoms with Crippen molar-refractivity contribution in [3.63, 3.8) is 0 Å². The van der Waals surface area contributed by atoms with E-state index in [1.54, 1.807) is 43.3 Å². The van der Waals surface area contributed by atoms with Crippen LogP contribution in [0.5, 0.6) is 11.5 Å². The average Bonchev–Trinajstić information content (AvgIpc) is 2.91. The molecule has 0 aliphatic rings. The number of aryl methyl sites for hydroxylation is 1. The summed E-state index contributed by atoms with van der Waals surface area (Å²) in [6.07, 6.45) is 1.08. The Kier molecular flexibility index (Phi) is 13.6. The summed E-state index contributed by atoms with van der Waals surface area (Å²) >= 11 is 0. The second-order valence-corrected chi connectivity index (χ2v) is 8.38. The predicted octanol–water partition coefficient (Wildman–Crippen LogP) is 8.20. The number of nitrogens with one attached hydrogen (secondary N) is 1. The number of ketones is 1. The van der Waals surface area contributed by atoms with Crippen LogP contribution in [0.3, 0.4) is 0 Å². The van der Waals surface area contributed by atoms with Gasteiger partial charge < -0.3 is 14.9 Å². The molecule has 198 valence electrons. The third-order valence-corrected chi connectivity index (χ3v) is 5.50. The molecule has 0 spiro atoms. The van der Waals surface area contributed by atoms with Crippen molar-refractivity contribution in [3.05, 3.63) is 101 Å². The van der Waals surface area contributed by atoms with Crippen LogP contribution in [0.15, 0.2) is 72.4 Å². The van der Waals surface area contributed by atoms with E-state index >= 15 is 0 Å². The highest BCUT2D eigenvalue weighted by atomic mass is 16.5. The van der Waals surface area contributed by atoms with Crippen LogP contribution in [-0.2, 0) is 13.0 Å². The largest absolute Gasteiger partial charge is 0.507 e. The molecule has 0 fully saturated rings. The number of aliphatic hydroxyl groups excluding tert-OH is 1. The van der Waals surface area contributed by atoms with Gasteiger partial charge in [0.1, 0.15) is 18.1 Å². The monoisotopic (exact) mass is 504 g/mol. The number of aliphatic hydroxyl groups is 1. The van der Waals surface area contributed by atoms with Crippen molar-refractivity contribution in [1.29, 1.82) is 5.53 Å². The molecule has 0 aliphatic heterocycles. The molecule has 0 heterocycles. The Morgan fingerprint density at radius 2 is 1.65 bits per heavy atom. The van der Waals surface area contributed by atoms with Gasteiger partial charge in [-0.1, -0.05) is 87.9 Å². The van der Waals surface area contributed by atoms with Gasteiger partial charge in [-0.25, -0.2) is 5.53 Å². The second kappa shape index (κ2) is 16.1. The van der Waals surface area contributed by atoms with E-state index in [4.69, 9.17) is 10.3 Å². The van der Waals surface area contributed by atoms with Gasteiger partial charge in [-0.05, 0) is 50.5 Å². The molecule has 3 N–H and O–H groups in total. The molecule has 1 unspecified atom stereocenters. The van der Waals surface area contributed by atoms with E-state index in [-0.39, 0.29) is 11.5 Å². The summed E-state index contributed by atoms with van der Waals surface area (Å²) in [4.78, 5) is 11.5. The first-order chi connectivity index (χ1) is 17.7. The van der Waals surface area contributed by atoms with Gasteiger partial charge in [-0.2, -0.15) is 5.11 Å². The smallest absolute Gasteiger partial charge is 0.163 e. The lowest BCUT2D eigenvalue weighted by Gasteiger charge is -2.14. The molecule has 0 bridgehead atoms. The lowest BCUT2D eigenvalue weighted by molar-refractivity contribution is 0.101. The van der Waals surface area contributed by atoms with Crippen molar-refractivity contribution in [1.82, 2.24) is 0 Å². The van der Waals surface area contributed by atoms with Crippen molar-refractivity contribution in [2.45, 2.75) is 67.1 Å². The standard InChI is InChI=1S/C19H22O3.C10H12N2O.C2H6/c1-4-5-17-18(11-10-16(14(3)20)19(17)21)22-12-15-8-6-13(2)7-9-15;1-7(12-11)9-3-5-10(6-4-9)8(2)13;1-2/h6-11,21H,4-5,12H2,1-3H3;3-6,8,11,13H,1H2,2H3;1-2H3. The number of Topliss-reactive ketones (excluding diaryl/α,β-unsaturated/α-hetero) is 1. The van der Waals surface area contributed by atoms with E-state index in [1.807, 2.05) is 52.0 Å². The fourth-order valence-corrected chi connectivity index (χ4v) is 3.39. The number of rotatable bonds is 9. The van der Waals surface area contributed by atoms with Crippen LogP contribution in [0.1, 0.15) is 85.3 Å². The molecule has 37 heavy (non-hydrogen) atoms. The highest BCUT2D eigenvalue weighted by molar-refractivity contribution is 5.97. The van der Waals surface area contributed by atoms with Crippen molar-refractivity contribution >= 4 is 11.5 Å². The van der Waals surface area contributed by atoms with Gasteiger partial charge in [-0.3, -0.25) is 4.79 Å². The maximum Gasteiger partial charge on any atom is 0.163 e. The zero-order valence-electron chi connectivity index (χ0n) is 22.8. The van der Waals surface area contributed by atoms with E-state index in [9.17, 15) is 15.0 Å². The van der Waals surface area contributed by atoms with Crippen LogP contribution in [0, 0.1) is 12.5 Å². The maximum atomic E-state index is 11.5. The van der Waals surface area contributed by atoms with Crippen LogP contribution >= 0.6 is 0 Å². The molecular formula is C31H40N2O4. The number of hydrogen-bond donors (Lipinski definition) is 3. The molecule has 3 aromatic rings. The Balaban J connectivity index is 0.000000389. The van der Waals surface area contributed by atoms with Crippen LogP contribution in [0.4, 0.5) is 0 Å². The summed E-state index contributed by atoms with van der Waals surface area (Å²) in [5, 5.41) is 22.8. The lowest BCUT2D eigenvalue weighted by Crippen LogP contribution is -2.02. The van der Waals surface area contributed by atoms with E-state index in [0.29, 0.717) is 35.6 Å². The van der Waals surface area contributed by atoms with Gasteiger partial charge in [0.2, 0.25) is 0 Å². The molecule has 0 saturated carbocycles. The van der Waals surface area contributed by atoms with Crippen molar-refractivity contribution < 1.29 is 19.7 Å². The number of phenols is 1. The van der Waals surface area contributed by atoms with Crippen LogP contribution < -0.4 is 4.74 Å². The zero-order chi connectivity index (χ0) is 28.0. The third kappa shape index (κ3) is 9.66. The quantitative estimate of drug-likeness (QED) is 0.202. The van der Waals surface area contributed by atoms with Crippen molar-refractivity contribution in [3.8, 4) is 11.5 Å². The number of nitrogens with zero attached hydrogens (tertiary/aromatic N) is 1. The maximum absolute atomic E-state index is 11.5. The Bertz CT molecular complexity index is 1150. The Morgan fingerprint density at radius 3 is 2.14 bits per heavy atom. The Labute approximate surface area is 221 Å². The summed E-state index contributed by atoms with van der Waals surface area (Å²) in [6, 6.07) is 18.7. The SMILES string of the molecule is C=C(N=N)c1ccc(C(C)O)cc1.CC.CCCc1c(OCc2ccc(C)cc2)ccc(C(C)=O)c1O. The number of carbonyl (C=O) groups excluding carboxylic acids is 1. The van der Waals surface area contributed by atoms with Crippen molar-refractivity contribution in [2.24, 2.45) is 5.11 Å². The molecule has 3 aromatic carbocycles. The number of hydrogen-bond acceptors (Lipinski definition) is 6. The summed E-state index contributed by atoms with van der Waals surface area (Å²) in [7, 11) is 0. The van der Waals surface area contributed by atoms with Gasteiger partial charge in [0.05, 0.1) is 17.4 Å². The van der Waals surface area contributed by atoms with Gasteiger partial charge in [-0.15, -0.1) is 0 Å². The van der Waals surface area contributed by atoms with Crippen LogP contribution in [0.25, 0.3) is 5.70 Å². The molecular weight excluding hydrogens is 464 g/mol. The zero-order valence-corrected chi connectivity index (χ0v) is 22.8. The molecule has 6 nitrogen and oxygen atoms in total. The highest BCUT2D eigenvalue weighted by Crippen LogP contribution is 2.33. The van der Waals surface area contributed by atoms with E-state index in [1.165, 1.54) is 12.5 Å². The number of phenolic OH excluding ortho intramolecular Hbond substituents is 1. The first-order valence-corrected chi connectivity index (χ1v) is 12.6. The van der Waals surface area contributed by atoms with Gasteiger partial charge in [0.25, 0.3) is 0 Å². The molecule has 1 atom stereocenters. The Hall–Kier alpha value is -3.77. The van der Waals surface area contributed by atoms with Gasteiger partial charge >= 0.3 is 0 Å².